The van der Waals surface area contributed by atoms with Crippen molar-refractivity contribution >= 4 is 0 Å². The summed E-state index contributed by atoms with van der Waals surface area (Å²) in [6.45, 7) is 3.41. The molecule has 1 nitrogen and oxygen atoms in total. The van der Waals surface area contributed by atoms with Crippen molar-refractivity contribution in [1.29, 1.82) is 0 Å². The van der Waals surface area contributed by atoms with Gasteiger partial charge in [0.2, 0.25) is 0 Å². The van der Waals surface area contributed by atoms with E-state index >= 15 is 0 Å². The summed E-state index contributed by atoms with van der Waals surface area (Å²) in [5.74, 6) is 0. The van der Waals surface area contributed by atoms with Crippen LogP contribution in [0.15, 0.2) is 11.0 Å². The van der Waals surface area contributed by atoms with E-state index in [4.69, 9.17) is 4.22 Å². The summed E-state index contributed by atoms with van der Waals surface area (Å²) in [4.78, 5) is 0. The average Bonchev–Trinajstić information content (AvgIpc) is 1.37. The van der Waals surface area contributed by atoms with Crippen LogP contribution < -0.4 is 4.22 Å². The van der Waals surface area contributed by atoms with E-state index in [9.17, 15) is 0 Å². The summed E-state index contributed by atoms with van der Waals surface area (Å²) in [6.07, 6.45) is 0. The van der Waals surface area contributed by atoms with E-state index in [1.165, 1.54) is 0 Å². The predicted molar refractivity (Wildman–Crippen MR) is 14.4 cm³/mol. The molecule has 0 spiro atoms. The maximum atomic E-state index is 5.03. The van der Waals surface area contributed by atoms with Gasteiger partial charge in [0, 0.05) is 0 Å². The normalized spacial score (nSPS) is 5.25. The van der Waals surface area contributed by atoms with Crippen molar-refractivity contribution in [1.82, 2.24) is 0 Å². The van der Waals surface area contributed by atoms with Gasteiger partial charge in [-0.3, -0.25) is 0 Å². The third-order valence-electron chi connectivity index (χ3n) is 0.118. The third-order valence-corrected chi connectivity index (χ3v) is 0.486. The SMILES string of the molecule is C=[CH][Ti][NH2]. The maximum absolute atomic E-state index is 5.03. The first-order valence-electron chi connectivity index (χ1n) is 0.986. The van der Waals surface area contributed by atoms with Gasteiger partial charge in [0.05, 0.1) is 0 Å². The molecule has 0 unspecified atom stereocenters. The Bertz CT molecular complexity index is 20.0. The molecule has 0 atom stereocenters. The summed E-state index contributed by atoms with van der Waals surface area (Å²) in [5, 5.41) is 0. The quantitative estimate of drug-likeness (QED) is 0.454. The van der Waals surface area contributed by atoms with Gasteiger partial charge in [-0.05, 0) is 0 Å². The number of rotatable bonds is 1. The summed E-state index contributed by atoms with van der Waals surface area (Å²) in [7, 11) is 0. The molecule has 0 rings (SSSR count). The number of nitrogens with two attached hydrogens (primary N) is 1. The first-order chi connectivity index (χ1) is 1.91. The standard InChI is InChI=1S/C2H3.H2N.Ti/c1-2;;/h1H,2H2;1H2;/q;-1;+1. The van der Waals surface area contributed by atoms with Crippen molar-refractivity contribution in [2.24, 2.45) is 4.22 Å². The first-order valence-corrected chi connectivity index (χ1v) is 2.79. The second-order valence-electron chi connectivity index (χ2n) is 0.371. The minimum absolute atomic E-state index is 0.222. The minimum atomic E-state index is -0.222. The molecule has 0 fully saturated rings. The Morgan fingerprint density at radius 2 is 2.25 bits per heavy atom. The molecule has 0 saturated heterocycles. The fourth-order valence-electron chi connectivity index (χ4n) is 0. The Morgan fingerprint density at radius 3 is 2.25 bits per heavy atom. The molecule has 2 N–H and O–H groups in total. The summed E-state index contributed by atoms with van der Waals surface area (Å²) in [6, 6.07) is 0. The second-order valence-corrected chi connectivity index (χ2v) is 1.53. The third kappa shape index (κ3) is 2.41. The van der Waals surface area contributed by atoms with E-state index in [2.05, 4.69) is 6.58 Å². The van der Waals surface area contributed by atoms with Crippen LogP contribution in [0.1, 0.15) is 0 Å². The van der Waals surface area contributed by atoms with Crippen LogP contribution in [0.3, 0.4) is 0 Å². The molecule has 2 heteroatoms. The molecule has 0 aliphatic rings. The molecule has 0 amide bonds. The fraction of sp³-hybridized carbons (Fsp3) is 0. The van der Waals surface area contributed by atoms with Gasteiger partial charge >= 0.3 is 34.6 Å². The van der Waals surface area contributed by atoms with Crippen LogP contribution in [0.4, 0.5) is 0 Å². The predicted octanol–water partition coefficient (Wildman–Crippen LogP) is 0.0861. The number of hydrogen-bond acceptors (Lipinski definition) is 1. The molecule has 0 heterocycles. The van der Waals surface area contributed by atoms with E-state index < -0.39 is 0 Å². The molecule has 0 aromatic carbocycles. The van der Waals surface area contributed by atoms with Crippen molar-refractivity contribution in [3.05, 3.63) is 11.0 Å². The summed E-state index contributed by atoms with van der Waals surface area (Å²) < 4.78 is 6.81. The zero-order valence-electron chi connectivity index (χ0n) is 2.36. The average molecular weight is 90.9 g/mol. The van der Waals surface area contributed by atoms with Crippen LogP contribution >= 0.6 is 0 Å². The van der Waals surface area contributed by atoms with Gasteiger partial charge in [0.15, 0.2) is 0 Å². The van der Waals surface area contributed by atoms with Crippen molar-refractivity contribution in [2.45, 2.75) is 0 Å². The second kappa shape index (κ2) is 3.41. The molecule has 0 bridgehead atoms. The Hall–Kier alpha value is 0.414. The van der Waals surface area contributed by atoms with Gasteiger partial charge in [-0.2, -0.15) is 0 Å². The van der Waals surface area contributed by atoms with Crippen molar-refractivity contribution < 1.29 is 19.4 Å². The molecule has 0 radical (unpaired) electrons. The van der Waals surface area contributed by atoms with Crippen molar-refractivity contribution in [3.8, 4) is 0 Å². The Balaban J connectivity index is 2.30. The van der Waals surface area contributed by atoms with Crippen LogP contribution in [-0.2, 0) is 19.4 Å². The fourth-order valence-corrected chi connectivity index (χ4v) is 0. The van der Waals surface area contributed by atoms with E-state index in [-0.39, 0.29) is 19.4 Å². The van der Waals surface area contributed by atoms with Crippen molar-refractivity contribution in [2.75, 3.05) is 0 Å². The topological polar surface area (TPSA) is 26.0 Å². The molecule has 0 aromatic heterocycles. The molecule has 0 saturated carbocycles. The van der Waals surface area contributed by atoms with Crippen LogP contribution in [0, 0.1) is 0 Å². The van der Waals surface area contributed by atoms with Gasteiger partial charge in [-0.1, -0.05) is 0 Å². The zero-order valence-corrected chi connectivity index (χ0v) is 3.92. The summed E-state index contributed by atoms with van der Waals surface area (Å²) in [5.41, 5.74) is 0. The van der Waals surface area contributed by atoms with E-state index in [1.54, 1.807) is 4.38 Å². The van der Waals surface area contributed by atoms with Gasteiger partial charge < -0.3 is 0 Å². The van der Waals surface area contributed by atoms with Gasteiger partial charge in [-0.25, -0.2) is 0 Å². The van der Waals surface area contributed by atoms with E-state index in [1.807, 2.05) is 0 Å². The van der Waals surface area contributed by atoms with Crippen LogP contribution in [0.5, 0.6) is 0 Å². The number of hydrogen-bond donors (Lipinski definition) is 1. The van der Waals surface area contributed by atoms with Crippen LogP contribution in [-0.4, -0.2) is 0 Å². The molecule has 0 aliphatic carbocycles. The Labute approximate surface area is 35.1 Å². The first kappa shape index (κ1) is 4.41. The monoisotopic (exact) mass is 91.0 g/mol. The van der Waals surface area contributed by atoms with Crippen LogP contribution in [0.25, 0.3) is 0 Å². The van der Waals surface area contributed by atoms with E-state index in [0.29, 0.717) is 0 Å². The molecule has 0 aromatic rings. The van der Waals surface area contributed by atoms with Crippen molar-refractivity contribution in [3.63, 3.8) is 0 Å². The Morgan fingerprint density at radius 1 is 2.00 bits per heavy atom. The Kier molecular flexibility index (Phi) is 3.77. The van der Waals surface area contributed by atoms with Gasteiger partial charge in [-0.15, -0.1) is 0 Å². The summed E-state index contributed by atoms with van der Waals surface area (Å²) >= 11 is -0.222. The van der Waals surface area contributed by atoms with Crippen LogP contribution in [0.2, 0.25) is 0 Å². The zero-order chi connectivity index (χ0) is 3.41. The molecule has 22 valence electrons. The molecular weight excluding hydrogens is 85.9 g/mol. The van der Waals surface area contributed by atoms with Gasteiger partial charge in [0.1, 0.15) is 0 Å². The molecule has 4 heavy (non-hydrogen) atoms. The van der Waals surface area contributed by atoms with Gasteiger partial charge in [0.25, 0.3) is 0 Å². The van der Waals surface area contributed by atoms with E-state index in [0.717, 1.165) is 0 Å². The molecular formula is C2H5NTi. The molecule has 0 aliphatic heterocycles.